The predicted octanol–water partition coefficient (Wildman–Crippen LogP) is 10.4. The maximum atomic E-state index is 2.57. The van der Waals surface area contributed by atoms with E-state index in [1.807, 2.05) is 0 Å². The quantitative estimate of drug-likeness (QED) is 0.204. The van der Waals surface area contributed by atoms with Gasteiger partial charge >= 0.3 is 0 Å². The minimum Gasteiger partial charge on any atom is -0.333 e. The van der Waals surface area contributed by atoms with Gasteiger partial charge in [-0.3, -0.25) is 0 Å². The Kier molecular flexibility index (Phi) is 5.23. The Bertz CT molecular complexity index is 2360. The first-order valence-corrected chi connectivity index (χ1v) is 16.0. The lowest BCUT2D eigenvalue weighted by molar-refractivity contribution is 0.744. The van der Waals surface area contributed by atoms with Gasteiger partial charge in [-0.15, -0.1) is 0 Å². The fourth-order valence-electron chi connectivity index (χ4n) is 8.23. The van der Waals surface area contributed by atoms with Gasteiger partial charge < -0.3 is 14.0 Å². The minimum absolute atomic E-state index is 0.229. The zero-order chi connectivity index (χ0) is 29.5. The third-order valence-electron chi connectivity index (χ3n) is 10.1. The molecule has 3 heteroatoms. The molecule has 0 saturated heterocycles. The fourth-order valence-corrected chi connectivity index (χ4v) is 8.23. The first-order chi connectivity index (χ1) is 22.3. The smallest absolute Gasteiger partial charge is 0.0629 e. The van der Waals surface area contributed by atoms with E-state index in [0.29, 0.717) is 5.92 Å². The summed E-state index contributed by atoms with van der Waals surface area (Å²) in [4.78, 5) is 2.57. The highest BCUT2D eigenvalue weighted by Gasteiger charge is 2.37. The SMILES string of the molecule is C1=CC2c3ccccc3N(c3cc(-n4c5c(c6ccccc64)C=CCC5)cc(-n4c5ccccc5c5ccccc54)c3)C2C=C1. The molecule has 214 valence electrons. The standard InChI is InChI=1S/C42H31N3/c1-7-19-37-31(13-1)32-14-2-8-20-38(32)43(37)28-25-29(44-39-21-9-3-15-33(39)34-16-4-10-22-40(34)44)27-30(26-28)45-41-23-11-5-17-35(41)36-18-6-12-24-42(36)45/h1-11,13-23,25-27,31,37H,12,24H2. The van der Waals surface area contributed by atoms with Crippen LogP contribution in [0.3, 0.4) is 0 Å². The van der Waals surface area contributed by atoms with Crippen molar-refractivity contribution >= 4 is 50.2 Å². The highest BCUT2D eigenvalue weighted by atomic mass is 15.2. The number of fused-ring (bicyclic) bond motifs is 9. The van der Waals surface area contributed by atoms with Gasteiger partial charge in [-0.2, -0.15) is 0 Å². The Morgan fingerprint density at radius 2 is 1.16 bits per heavy atom. The van der Waals surface area contributed by atoms with Gasteiger partial charge in [0.2, 0.25) is 0 Å². The molecule has 2 unspecified atom stereocenters. The van der Waals surface area contributed by atoms with Crippen LogP contribution in [-0.2, 0) is 6.42 Å². The Balaban J connectivity index is 1.31. The molecular weight excluding hydrogens is 546 g/mol. The molecule has 0 radical (unpaired) electrons. The van der Waals surface area contributed by atoms with Crippen LogP contribution < -0.4 is 4.90 Å². The summed E-state index contributed by atoms with van der Waals surface area (Å²) in [6, 6.07) is 43.0. The monoisotopic (exact) mass is 577 g/mol. The van der Waals surface area contributed by atoms with Gasteiger partial charge in [0.15, 0.2) is 0 Å². The first-order valence-electron chi connectivity index (χ1n) is 16.0. The summed E-state index contributed by atoms with van der Waals surface area (Å²) in [6.07, 6.45) is 15.9. The van der Waals surface area contributed by atoms with Crippen LogP contribution in [0.4, 0.5) is 11.4 Å². The Hall–Kier alpha value is -5.54. The van der Waals surface area contributed by atoms with E-state index in [2.05, 4.69) is 166 Å². The molecule has 7 aromatic rings. The molecule has 10 rings (SSSR count). The molecule has 45 heavy (non-hydrogen) atoms. The van der Waals surface area contributed by atoms with Gasteiger partial charge in [-0.1, -0.05) is 109 Å². The van der Waals surface area contributed by atoms with Crippen molar-refractivity contribution in [3.63, 3.8) is 0 Å². The zero-order valence-electron chi connectivity index (χ0n) is 24.8. The first kappa shape index (κ1) is 24.9. The molecule has 3 nitrogen and oxygen atoms in total. The lowest BCUT2D eigenvalue weighted by atomic mass is 9.91. The van der Waals surface area contributed by atoms with E-state index in [9.17, 15) is 0 Å². The summed E-state index contributed by atoms with van der Waals surface area (Å²) in [7, 11) is 0. The number of anilines is 2. The second-order valence-corrected chi connectivity index (χ2v) is 12.4. The maximum absolute atomic E-state index is 2.57. The number of para-hydroxylation sites is 4. The zero-order valence-corrected chi connectivity index (χ0v) is 24.8. The summed E-state index contributed by atoms with van der Waals surface area (Å²) >= 11 is 0. The van der Waals surface area contributed by atoms with E-state index in [1.165, 1.54) is 72.3 Å². The van der Waals surface area contributed by atoms with Crippen molar-refractivity contribution in [3.8, 4) is 11.4 Å². The molecule has 2 atom stereocenters. The normalized spacial score (nSPS) is 18.2. The van der Waals surface area contributed by atoms with E-state index in [4.69, 9.17) is 0 Å². The lowest BCUT2D eigenvalue weighted by Crippen LogP contribution is -2.28. The van der Waals surface area contributed by atoms with E-state index >= 15 is 0 Å². The molecule has 0 amide bonds. The van der Waals surface area contributed by atoms with Crippen LogP contribution in [-0.4, -0.2) is 15.2 Å². The molecule has 0 spiro atoms. The molecule has 5 aromatic carbocycles. The average molecular weight is 578 g/mol. The van der Waals surface area contributed by atoms with Gasteiger partial charge in [0.25, 0.3) is 0 Å². The summed E-state index contributed by atoms with van der Waals surface area (Å²) in [5, 5.41) is 3.88. The Morgan fingerprint density at radius 3 is 1.93 bits per heavy atom. The third kappa shape index (κ3) is 3.52. The number of nitrogens with zero attached hydrogens (tertiary/aromatic N) is 3. The molecule has 3 aliphatic rings. The summed E-state index contributed by atoms with van der Waals surface area (Å²) in [6.45, 7) is 0. The fraction of sp³-hybridized carbons (Fsp3) is 0.0952. The topological polar surface area (TPSA) is 13.1 Å². The molecule has 2 aliphatic carbocycles. The van der Waals surface area contributed by atoms with Crippen LogP contribution in [0.2, 0.25) is 0 Å². The number of aromatic nitrogens is 2. The second-order valence-electron chi connectivity index (χ2n) is 12.4. The molecule has 0 saturated carbocycles. The number of hydrogen-bond acceptors (Lipinski definition) is 1. The van der Waals surface area contributed by atoms with Crippen molar-refractivity contribution in [3.05, 3.63) is 162 Å². The van der Waals surface area contributed by atoms with Gasteiger partial charge in [0, 0.05) is 44.7 Å². The van der Waals surface area contributed by atoms with Crippen molar-refractivity contribution in [2.75, 3.05) is 4.90 Å². The number of allylic oxidation sites excluding steroid dienone is 3. The summed E-state index contributed by atoms with van der Waals surface area (Å²) < 4.78 is 5.00. The van der Waals surface area contributed by atoms with Crippen LogP contribution in [0.5, 0.6) is 0 Å². The van der Waals surface area contributed by atoms with Crippen LogP contribution in [0.25, 0.3) is 50.2 Å². The minimum atomic E-state index is 0.229. The van der Waals surface area contributed by atoms with Gasteiger partial charge in [-0.25, -0.2) is 0 Å². The van der Waals surface area contributed by atoms with Crippen LogP contribution >= 0.6 is 0 Å². The van der Waals surface area contributed by atoms with Gasteiger partial charge in [-0.05, 0) is 60.9 Å². The Morgan fingerprint density at radius 1 is 0.556 bits per heavy atom. The second kappa shape index (κ2) is 9.48. The molecule has 0 fully saturated rings. The molecular formula is C42H31N3. The van der Waals surface area contributed by atoms with Crippen molar-refractivity contribution in [2.24, 2.45) is 0 Å². The van der Waals surface area contributed by atoms with Crippen LogP contribution in [0.1, 0.15) is 29.2 Å². The molecule has 0 bridgehead atoms. The maximum Gasteiger partial charge on any atom is 0.0629 e. The number of rotatable bonds is 3. The Labute approximate surface area is 262 Å². The van der Waals surface area contributed by atoms with Crippen LogP contribution in [0, 0.1) is 0 Å². The van der Waals surface area contributed by atoms with E-state index in [-0.39, 0.29) is 6.04 Å². The lowest BCUT2D eigenvalue weighted by Gasteiger charge is -2.30. The number of benzene rings is 5. The predicted molar refractivity (Wildman–Crippen MR) is 188 cm³/mol. The van der Waals surface area contributed by atoms with Crippen molar-refractivity contribution in [2.45, 2.75) is 24.8 Å². The molecule has 3 heterocycles. The average Bonchev–Trinajstić information content (AvgIpc) is 3.74. The summed E-state index contributed by atoms with van der Waals surface area (Å²) in [5.74, 6) is 0.330. The van der Waals surface area contributed by atoms with Crippen molar-refractivity contribution in [1.82, 2.24) is 9.13 Å². The van der Waals surface area contributed by atoms with E-state index in [0.717, 1.165) is 12.8 Å². The van der Waals surface area contributed by atoms with Crippen LogP contribution in [0.15, 0.2) is 146 Å². The number of hydrogen-bond donors (Lipinski definition) is 0. The summed E-state index contributed by atoms with van der Waals surface area (Å²) in [5.41, 5.74) is 12.7. The highest BCUT2D eigenvalue weighted by Crippen LogP contribution is 2.49. The van der Waals surface area contributed by atoms with E-state index < -0.39 is 0 Å². The molecule has 2 aromatic heterocycles. The van der Waals surface area contributed by atoms with Gasteiger partial charge in [0.05, 0.1) is 34.0 Å². The van der Waals surface area contributed by atoms with Crippen molar-refractivity contribution in [1.29, 1.82) is 0 Å². The van der Waals surface area contributed by atoms with Gasteiger partial charge in [0.1, 0.15) is 0 Å². The van der Waals surface area contributed by atoms with E-state index in [1.54, 1.807) is 0 Å². The molecule has 1 aliphatic heterocycles. The third-order valence-corrected chi connectivity index (χ3v) is 10.1. The highest BCUT2D eigenvalue weighted by molar-refractivity contribution is 6.09. The largest absolute Gasteiger partial charge is 0.333 e. The molecule has 0 N–H and O–H groups in total. The van der Waals surface area contributed by atoms with Crippen molar-refractivity contribution < 1.29 is 0 Å².